The summed E-state index contributed by atoms with van der Waals surface area (Å²) in [5, 5.41) is 16.4. The average molecular weight is 479 g/mol. The number of hydrogen-bond acceptors (Lipinski definition) is 4. The summed E-state index contributed by atoms with van der Waals surface area (Å²) >= 11 is 1.91. The largest absolute Gasteiger partial charge is 0.396 e. The van der Waals surface area contributed by atoms with Crippen LogP contribution in [0.3, 0.4) is 0 Å². The van der Waals surface area contributed by atoms with Gasteiger partial charge in [0.1, 0.15) is 0 Å². The minimum atomic E-state index is 0. The quantitative estimate of drug-likeness (QED) is 0.319. The average Bonchev–Trinajstić information content (AvgIpc) is 2.66. The lowest BCUT2D eigenvalue weighted by atomic mass is 9.99. The van der Waals surface area contributed by atoms with Crippen LogP contribution < -0.4 is 10.6 Å². The maximum Gasteiger partial charge on any atom is 0.191 e. The van der Waals surface area contributed by atoms with E-state index in [1.54, 1.807) is 7.05 Å². The second kappa shape index (κ2) is 12.0. The molecule has 1 aromatic rings. The molecule has 1 aromatic carbocycles. The SMILES string of the molecule is CN=C(NCC(CO)c1ccccc1)NCC1(SC)CCOCC1.I. The van der Waals surface area contributed by atoms with Gasteiger partial charge in [-0.2, -0.15) is 11.8 Å². The van der Waals surface area contributed by atoms with Crippen LogP contribution in [0.4, 0.5) is 0 Å². The Labute approximate surface area is 172 Å². The van der Waals surface area contributed by atoms with Crippen molar-refractivity contribution in [1.29, 1.82) is 0 Å². The summed E-state index contributed by atoms with van der Waals surface area (Å²) in [7, 11) is 1.78. The Morgan fingerprint density at radius 1 is 1.28 bits per heavy atom. The van der Waals surface area contributed by atoms with Crippen molar-refractivity contribution >= 4 is 41.7 Å². The van der Waals surface area contributed by atoms with E-state index in [9.17, 15) is 5.11 Å². The van der Waals surface area contributed by atoms with Crippen LogP contribution in [-0.4, -0.2) is 62.0 Å². The fourth-order valence-corrected chi connectivity index (χ4v) is 3.69. The lowest BCUT2D eigenvalue weighted by Crippen LogP contribution is -2.48. The third-order valence-corrected chi connectivity index (χ3v) is 6.06. The lowest BCUT2D eigenvalue weighted by molar-refractivity contribution is 0.0783. The Bertz CT molecular complexity index is 510. The van der Waals surface area contributed by atoms with Gasteiger partial charge in [0.15, 0.2) is 5.96 Å². The van der Waals surface area contributed by atoms with Gasteiger partial charge in [0.2, 0.25) is 0 Å². The molecule has 1 saturated heterocycles. The fraction of sp³-hybridized carbons (Fsp3) is 0.611. The van der Waals surface area contributed by atoms with Gasteiger partial charge in [-0.15, -0.1) is 24.0 Å². The molecule has 1 fully saturated rings. The maximum atomic E-state index is 9.66. The van der Waals surface area contributed by atoms with Crippen LogP contribution in [0.2, 0.25) is 0 Å². The van der Waals surface area contributed by atoms with Gasteiger partial charge in [0.05, 0.1) is 6.61 Å². The van der Waals surface area contributed by atoms with Crippen molar-refractivity contribution in [3.63, 3.8) is 0 Å². The number of rotatable bonds is 7. The topological polar surface area (TPSA) is 65.9 Å². The second-order valence-corrected chi connectivity index (χ2v) is 7.37. The van der Waals surface area contributed by atoms with Crippen molar-refractivity contribution in [1.82, 2.24) is 10.6 Å². The number of thioether (sulfide) groups is 1. The van der Waals surface area contributed by atoms with Gasteiger partial charge in [-0.3, -0.25) is 4.99 Å². The molecule has 1 aliphatic rings. The van der Waals surface area contributed by atoms with Gasteiger partial charge in [-0.05, 0) is 24.7 Å². The molecule has 25 heavy (non-hydrogen) atoms. The predicted octanol–water partition coefficient (Wildman–Crippen LogP) is 2.46. The highest BCUT2D eigenvalue weighted by molar-refractivity contribution is 14.0. The number of aliphatic imine (C=N–C) groups is 1. The van der Waals surface area contributed by atoms with E-state index < -0.39 is 0 Å². The van der Waals surface area contributed by atoms with Crippen molar-refractivity contribution < 1.29 is 9.84 Å². The van der Waals surface area contributed by atoms with Crippen molar-refractivity contribution in [3.05, 3.63) is 35.9 Å². The molecule has 1 heterocycles. The summed E-state index contributed by atoms with van der Waals surface area (Å²) in [4.78, 5) is 4.31. The lowest BCUT2D eigenvalue weighted by Gasteiger charge is -2.36. The molecule has 0 radical (unpaired) electrons. The van der Waals surface area contributed by atoms with Crippen LogP contribution in [0.25, 0.3) is 0 Å². The van der Waals surface area contributed by atoms with Crippen LogP contribution in [0, 0.1) is 0 Å². The zero-order valence-corrected chi connectivity index (χ0v) is 18.2. The van der Waals surface area contributed by atoms with Crippen molar-refractivity contribution in [2.24, 2.45) is 4.99 Å². The van der Waals surface area contributed by atoms with E-state index in [2.05, 4.69) is 21.9 Å². The second-order valence-electron chi connectivity index (χ2n) is 6.10. The Hall–Kier alpha value is -0.510. The molecule has 142 valence electrons. The Morgan fingerprint density at radius 2 is 1.96 bits per heavy atom. The molecule has 0 aliphatic carbocycles. The zero-order valence-electron chi connectivity index (χ0n) is 15.0. The molecule has 0 spiro atoms. The van der Waals surface area contributed by atoms with Crippen molar-refractivity contribution in [2.45, 2.75) is 23.5 Å². The number of aliphatic hydroxyl groups is 1. The molecule has 1 atom stereocenters. The number of nitrogens with one attached hydrogen (secondary N) is 2. The molecule has 0 bridgehead atoms. The molecule has 0 saturated carbocycles. The maximum absolute atomic E-state index is 9.66. The summed E-state index contributed by atoms with van der Waals surface area (Å²) in [6.45, 7) is 3.28. The first-order chi connectivity index (χ1) is 11.7. The standard InChI is InChI=1S/C18H29N3O2S.HI/c1-19-17(21-14-18(24-2)8-10-23-11-9-18)20-12-16(13-22)15-6-4-3-5-7-15;/h3-7,16,22H,8-14H2,1-2H3,(H2,19,20,21);1H. The third kappa shape index (κ3) is 6.96. The number of guanidine groups is 1. The van der Waals surface area contributed by atoms with Crippen LogP contribution in [0.15, 0.2) is 35.3 Å². The highest BCUT2D eigenvalue weighted by Crippen LogP contribution is 2.32. The van der Waals surface area contributed by atoms with Gasteiger partial charge in [0, 0.05) is 44.0 Å². The Kier molecular flexibility index (Phi) is 10.8. The van der Waals surface area contributed by atoms with Gasteiger partial charge < -0.3 is 20.5 Å². The van der Waals surface area contributed by atoms with Crippen LogP contribution in [0.5, 0.6) is 0 Å². The first kappa shape index (κ1) is 22.5. The van der Waals surface area contributed by atoms with Gasteiger partial charge >= 0.3 is 0 Å². The molecule has 7 heteroatoms. The van der Waals surface area contributed by atoms with E-state index in [-0.39, 0.29) is 41.2 Å². The van der Waals surface area contributed by atoms with E-state index >= 15 is 0 Å². The van der Waals surface area contributed by atoms with E-state index in [1.165, 1.54) is 0 Å². The number of ether oxygens (including phenoxy) is 1. The molecule has 1 aliphatic heterocycles. The van der Waals surface area contributed by atoms with Gasteiger partial charge in [-0.1, -0.05) is 30.3 Å². The van der Waals surface area contributed by atoms with Gasteiger partial charge in [-0.25, -0.2) is 0 Å². The van der Waals surface area contributed by atoms with Crippen molar-refractivity contribution in [3.8, 4) is 0 Å². The molecular formula is C18H30IN3O2S. The van der Waals surface area contributed by atoms with E-state index in [0.29, 0.717) is 6.54 Å². The number of nitrogens with zero attached hydrogens (tertiary/aromatic N) is 1. The third-order valence-electron chi connectivity index (χ3n) is 4.65. The Balaban J connectivity index is 0.00000312. The fourth-order valence-electron chi connectivity index (χ4n) is 2.89. The van der Waals surface area contributed by atoms with E-state index in [1.807, 2.05) is 42.1 Å². The van der Waals surface area contributed by atoms with Gasteiger partial charge in [0.25, 0.3) is 0 Å². The molecule has 3 N–H and O–H groups in total. The zero-order chi connectivity index (χ0) is 17.3. The predicted molar refractivity (Wildman–Crippen MR) is 117 cm³/mol. The van der Waals surface area contributed by atoms with E-state index in [0.717, 1.165) is 44.1 Å². The van der Waals surface area contributed by atoms with E-state index in [4.69, 9.17) is 4.74 Å². The van der Waals surface area contributed by atoms with Crippen LogP contribution in [-0.2, 0) is 4.74 Å². The highest BCUT2D eigenvalue weighted by atomic mass is 127. The molecule has 0 amide bonds. The molecule has 2 rings (SSSR count). The Morgan fingerprint density at radius 3 is 2.52 bits per heavy atom. The summed E-state index contributed by atoms with van der Waals surface area (Å²) in [6.07, 6.45) is 4.28. The summed E-state index contributed by atoms with van der Waals surface area (Å²) < 4.78 is 5.70. The molecule has 1 unspecified atom stereocenters. The first-order valence-corrected chi connectivity index (χ1v) is 9.69. The number of halogens is 1. The highest BCUT2D eigenvalue weighted by Gasteiger charge is 2.31. The number of benzene rings is 1. The van der Waals surface area contributed by atoms with Crippen molar-refractivity contribution in [2.75, 3.05) is 46.2 Å². The summed E-state index contributed by atoms with van der Waals surface area (Å²) in [5.74, 6) is 0.839. The smallest absolute Gasteiger partial charge is 0.191 e. The van der Waals surface area contributed by atoms with Crippen LogP contribution >= 0.6 is 35.7 Å². The molecule has 0 aromatic heterocycles. The summed E-state index contributed by atoms with van der Waals surface area (Å²) in [5.41, 5.74) is 1.13. The normalized spacial score (nSPS) is 18.1. The number of aliphatic hydroxyl groups excluding tert-OH is 1. The monoisotopic (exact) mass is 479 g/mol. The minimum absolute atomic E-state index is 0. The molecule has 5 nitrogen and oxygen atoms in total. The number of hydrogen-bond donors (Lipinski definition) is 3. The first-order valence-electron chi connectivity index (χ1n) is 8.46. The molecular weight excluding hydrogens is 449 g/mol. The summed E-state index contributed by atoms with van der Waals surface area (Å²) in [6, 6.07) is 10.1. The van der Waals surface area contributed by atoms with Crippen LogP contribution in [0.1, 0.15) is 24.3 Å². The minimum Gasteiger partial charge on any atom is -0.396 e.